The van der Waals surface area contributed by atoms with Crippen molar-refractivity contribution in [2.24, 2.45) is 5.41 Å². The van der Waals surface area contributed by atoms with E-state index in [1.54, 1.807) is 29.8 Å². The molecule has 0 aliphatic heterocycles. The number of furan rings is 1. The Morgan fingerprint density at radius 2 is 1.68 bits per heavy atom. The Hall–Kier alpha value is -3.63. The van der Waals surface area contributed by atoms with Crippen LogP contribution >= 0.6 is 11.3 Å². The molecule has 0 atom stereocenters. The minimum Gasteiger partial charge on any atom is -0.501 e. The van der Waals surface area contributed by atoms with Crippen LogP contribution in [0.5, 0.6) is 0 Å². The van der Waals surface area contributed by atoms with Gasteiger partial charge in [0.2, 0.25) is 0 Å². The topological polar surface area (TPSA) is 38.9 Å². The monoisotopic (exact) mass is 733 g/mol. The maximum Gasteiger partial charge on any atom is 0.121 e. The van der Waals surface area contributed by atoms with E-state index in [0.717, 1.165) is 38.8 Å². The summed E-state index contributed by atoms with van der Waals surface area (Å²) < 4.78 is 24.8. The Morgan fingerprint density at radius 3 is 2.44 bits per heavy atom. The van der Waals surface area contributed by atoms with E-state index in [1.165, 1.54) is 15.6 Å². The zero-order chi connectivity index (χ0) is 29.5. The van der Waals surface area contributed by atoms with E-state index in [-0.39, 0.29) is 20.1 Å². The number of hydrogen-bond donors (Lipinski definition) is 0. The van der Waals surface area contributed by atoms with Crippen molar-refractivity contribution in [3.8, 4) is 22.5 Å². The van der Waals surface area contributed by atoms with Gasteiger partial charge in [-0.3, -0.25) is 0 Å². The van der Waals surface area contributed by atoms with Crippen LogP contribution in [0.2, 0.25) is 0 Å². The largest absolute Gasteiger partial charge is 0.501 e. The van der Waals surface area contributed by atoms with Crippen LogP contribution in [0, 0.1) is 24.5 Å². The summed E-state index contributed by atoms with van der Waals surface area (Å²) in [5.74, 6) is 0. The molecule has 0 bridgehead atoms. The van der Waals surface area contributed by atoms with E-state index >= 15 is 0 Å². The summed E-state index contributed by atoms with van der Waals surface area (Å²) in [4.78, 5) is 8.75. The van der Waals surface area contributed by atoms with Crippen molar-refractivity contribution in [1.29, 1.82) is 0 Å². The predicted molar refractivity (Wildman–Crippen MR) is 168 cm³/mol. The molecule has 3 nitrogen and oxygen atoms in total. The summed E-state index contributed by atoms with van der Waals surface area (Å²) in [7, 11) is 0. The molecule has 0 saturated carbocycles. The Bertz CT molecular complexity index is 1970. The molecular formula is C36H30IrN2OS-2. The van der Waals surface area contributed by atoms with E-state index < -0.39 is 11.8 Å². The van der Waals surface area contributed by atoms with E-state index in [1.807, 2.05) is 81.4 Å². The average molecular weight is 733 g/mol. The van der Waals surface area contributed by atoms with Gasteiger partial charge in [-0.15, -0.1) is 65.4 Å². The second kappa shape index (κ2) is 12.1. The second-order valence-corrected chi connectivity index (χ2v) is 11.7. The first-order valence-corrected chi connectivity index (χ1v) is 14.1. The van der Waals surface area contributed by atoms with Gasteiger partial charge >= 0.3 is 0 Å². The maximum absolute atomic E-state index is 8.62. The van der Waals surface area contributed by atoms with Crippen molar-refractivity contribution in [1.82, 2.24) is 9.97 Å². The van der Waals surface area contributed by atoms with Crippen molar-refractivity contribution < 1.29 is 27.3 Å². The van der Waals surface area contributed by atoms with Gasteiger partial charge < -0.3 is 14.4 Å². The third kappa shape index (κ3) is 6.33. The van der Waals surface area contributed by atoms with E-state index in [4.69, 9.17) is 7.16 Å². The van der Waals surface area contributed by atoms with Crippen LogP contribution in [-0.2, 0) is 26.5 Å². The number of pyridine rings is 2. The fraction of sp³-hybridized carbons (Fsp3) is 0.167. The van der Waals surface area contributed by atoms with Crippen LogP contribution in [0.3, 0.4) is 0 Å². The summed E-state index contributed by atoms with van der Waals surface area (Å²) in [5.41, 5.74) is 6.35. The summed E-state index contributed by atoms with van der Waals surface area (Å²) in [6.07, 6.45) is 1.97. The molecule has 0 spiro atoms. The molecule has 3 aromatic carbocycles. The first kappa shape index (κ1) is 26.3. The number of benzene rings is 3. The SMILES string of the molecule is [2H]C([2H])(c1ccnc(-c2[c-]ccc3c2oc2cc4c(C)csc4cc23)c1)C(C)(C)C.[Ir].[c-]1ccccc1-c1ccccn1. The van der Waals surface area contributed by atoms with Gasteiger partial charge in [0.15, 0.2) is 0 Å². The number of aryl methyl sites for hydroxylation is 1. The van der Waals surface area contributed by atoms with Gasteiger partial charge in [0.05, 0.1) is 5.58 Å². The molecule has 7 rings (SSSR count). The van der Waals surface area contributed by atoms with Crippen LogP contribution in [0.1, 0.15) is 34.6 Å². The first-order valence-electron chi connectivity index (χ1n) is 14.2. The zero-order valence-electron chi connectivity index (χ0n) is 25.3. The zero-order valence-corrected chi connectivity index (χ0v) is 26.5. The smallest absolute Gasteiger partial charge is 0.121 e. The van der Waals surface area contributed by atoms with Crippen molar-refractivity contribution in [2.45, 2.75) is 34.1 Å². The molecule has 7 aromatic rings. The third-order valence-corrected chi connectivity index (χ3v) is 7.57. The number of hydrogen-bond acceptors (Lipinski definition) is 4. The summed E-state index contributed by atoms with van der Waals surface area (Å²) in [6.45, 7) is 7.84. The Balaban J connectivity index is 0.000000238. The van der Waals surface area contributed by atoms with Gasteiger partial charge in [-0.05, 0) is 70.7 Å². The number of fused-ring (bicyclic) bond motifs is 4. The van der Waals surface area contributed by atoms with Gasteiger partial charge in [-0.1, -0.05) is 55.5 Å². The molecule has 0 unspecified atom stereocenters. The number of aromatic nitrogens is 2. The Kier molecular flexibility index (Phi) is 7.74. The van der Waals surface area contributed by atoms with E-state index in [9.17, 15) is 0 Å². The quantitative estimate of drug-likeness (QED) is 0.170. The van der Waals surface area contributed by atoms with Gasteiger partial charge in [0, 0.05) is 45.3 Å². The second-order valence-electron chi connectivity index (χ2n) is 10.8. The molecule has 5 heteroatoms. The molecule has 207 valence electrons. The fourth-order valence-electron chi connectivity index (χ4n) is 4.73. The molecule has 0 aliphatic rings. The molecule has 4 heterocycles. The fourth-order valence-corrected chi connectivity index (χ4v) is 5.69. The Labute approximate surface area is 261 Å². The molecule has 0 aliphatic carbocycles. The summed E-state index contributed by atoms with van der Waals surface area (Å²) in [6, 6.07) is 31.9. The molecular weight excluding hydrogens is 701 g/mol. The van der Waals surface area contributed by atoms with Crippen molar-refractivity contribution >= 4 is 43.4 Å². The molecule has 0 N–H and O–H groups in total. The average Bonchev–Trinajstić information content (AvgIpc) is 3.56. The number of thiophene rings is 1. The maximum atomic E-state index is 8.62. The van der Waals surface area contributed by atoms with Gasteiger partial charge in [-0.2, -0.15) is 0 Å². The molecule has 0 saturated heterocycles. The van der Waals surface area contributed by atoms with E-state index in [0.29, 0.717) is 11.3 Å². The number of rotatable bonds is 3. The van der Waals surface area contributed by atoms with Crippen LogP contribution in [0.15, 0.2) is 101 Å². The molecule has 4 aromatic heterocycles. The standard InChI is InChI=1S/C25H22NOS.C11H8N.Ir/c1-15-14-28-23-12-20-17-6-5-7-18(24(17)27-22(20)11-19(15)23)21-10-16(8-9-26-21)13-25(2,3)4;1-2-6-10(7-3-1)11-8-4-5-9-12-11;/h5-6,8-12,14H,13H2,1-4H3;1-6,8-9H;/q2*-1;/i13D2;;. The normalized spacial score (nSPS) is 12.4. The molecule has 0 amide bonds. The van der Waals surface area contributed by atoms with Gasteiger partial charge in [0.25, 0.3) is 0 Å². The minimum absolute atomic E-state index is 0. The van der Waals surface area contributed by atoms with Gasteiger partial charge in [-0.25, -0.2) is 0 Å². The third-order valence-electron chi connectivity index (χ3n) is 6.51. The predicted octanol–water partition coefficient (Wildman–Crippen LogP) is 10.1. The first-order chi connectivity index (χ1) is 20.1. The van der Waals surface area contributed by atoms with Gasteiger partial charge in [0.1, 0.15) is 5.58 Å². The summed E-state index contributed by atoms with van der Waals surface area (Å²) >= 11 is 1.74. The van der Waals surface area contributed by atoms with Crippen LogP contribution < -0.4 is 0 Å². The van der Waals surface area contributed by atoms with Crippen molar-refractivity contribution in [3.05, 3.63) is 120 Å². The number of nitrogens with zero attached hydrogens (tertiary/aromatic N) is 2. The van der Waals surface area contributed by atoms with Crippen LogP contribution in [0.4, 0.5) is 0 Å². The minimum atomic E-state index is -1.49. The Morgan fingerprint density at radius 1 is 0.854 bits per heavy atom. The summed E-state index contributed by atoms with van der Waals surface area (Å²) in [5, 5.41) is 5.49. The van der Waals surface area contributed by atoms with Crippen LogP contribution in [0.25, 0.3) is 54.5 Å². The van der Waals surface area contributed by atoms with Crippen LogP contribution in [-0.4, -0.2) is 9.97 Å². The van der Waals surface area contributed by atoms with E-state index in [2.05, 4.69) is 46.5 Å². The molecule has 0 fully saturated rings. The van der Waals surface area contributed by atoms with Crippen molar-refractivity contribution in [2.75, 3.05) is 0 Å². The molecule has 1 radical (unpaired) electrons. The molecule has 41 heavy (non-hydrogen) atoms. The van der Waals surface area contributed by atoms with Crippen molar-refractivity contribution in [3.63, 3.8) is 0 Å².